The summed E-state index contributed by atoms with van der Waals surface area (Å²) >= 11 is 2.94. The maximum Gasteiger partial charge on any atom is 0.293 e. The molecule has 0 aliphatic carbocycles. The SMILES string of the molecule is CC1OCCC1Nc1cc(F)c(Br)cc1[N+](=O)[O-]. The number of anilines is 1. The first-order chi connectivity index (χ1) is 8.49. The highest BCUT2D eigenvalue weighted by atomic mass is 79.9. The van der Waals surface area contributed by atoms with Crippen molar-refractivity contribution in [1.82, 2.24) is 0 Å². The molecule has 2 atom stereocenters. The summed E-state index contributed by atoms with van der Waals surface area (Å²) in [6.45, 7) is 2.48. The number of benzene rings is 1. The van der Waals surface area contributed by atoms with Gasteiger partial charge in [-0.1, -0.05) is 0 Å². The molecule has 98 valence electrons. The highest BCUT2D eigenvalue weighted by molar-refractivity contribution is 9.10. The minimum Gasteiger partial charge on any atom is -0.376 e. The molecule has 7 heteroatoms. The molecule has 0 radical (unpaired) electrons. The predicted molar refractivity (Wildman–Crippen MR) is 68.2 cm³/mol. The van der Waals surface area contributed by atoms with Crippen molar-refractivity contribution in [3.63, 3.8) is 0 Å². The third-order valence-corrected chi connectivity index (χ3v) is 3.56. The number of nitrogens with zero attached hydrogens (tertiary/aromatic N) is 1. The largest absolute Gasteiger partial charge is 0.376 e. The van der Waals surface area contributed by atoms with Crippen molar-refractivity contribution in [2.45, 2.75) is 25.5 Å². The van der Waals surface area contributed by atoms with Crippen LogP contribution in [0.1, 0.15) is 13.3 Å². The molecule has 18 heavy (non-hydrogen) atoms. The number of hydrogen-bond donors (Lipinski definition) is 1. The average Bonchev–Trinajstić information content (AvgIpc) is 2.69. The van der Waals surface area contributed by atoms with Gasteiger partial charge in [0.1, 0.15) is 11.5 Å². The van der Waals surface area contributed by atoms with Gasteiger partial charge < -0.3 is 10.1 Å². The Kier molecular flexibility index (Phi) is 3.82. The Morgan fingerprint density at radius 2 is 2.33 bits per heavy atom. The van der Waals surface area contributed by atoms with Crippen molar-refractivity contribution in [3.05, 3.63) is 32.5 Å². The zero-order valence-electron chi connectivity index (χ0n) is 9.65. The summed E-state index contributed by atoms with van der Waals surface area (Å²) < 4.78 is 18.9. The quantitative estimate of drug-likeness (QED) is 0.687. The van der Waals surface area contributed by atoms with Crippen LogP contribution in [0.5, 0.6) is 0 Å². The summed E-state index contributed by atoms with van der Waals surface area (Å²) in [6.07, 6.45) is 0.701. The molecule has 1 heterocycles. The first-order valence-electron chi connectivity index (χ1n) is 5.50. The lowest BCUT2D eigenvalue weighted by Crippen LogP contribution is -2.27. The lowest BCUT2D eigenvalue weighted by Gasteiger charge is -2.17. The summed E-state index contributed by atoms with van der Waals surface area (Å²) in [5.74, 6) is -0.533. The van der Waals surface area contributed by atoms with E-state index in [2.05, 4.69) is 21.2 Å². The van der Waals surface area contributed by atoms with E-state index < -0.39 is 10.7 Å². The van der Waals surface area contributed by atoms with Gasteiger partial charge in [0.2, 0.25) is 0 Å². The minimum absolute atomic E-state index is 0.0377. The van der Waals surface area contributed by atoms with E-state index in [9.17, 15) is 14.5 Å². The molecule has 1 N–H and O–H groups in total. The van der Waals surface area contributed by atoms with Gasteiger partial charge in [0.25, 0.3) is 5.69 Å². The second kappa shape index (κ2) is 5.19. The number of halogens is 2. The van der Waals surface area contributed by atoms with E-state index in [0.29, 0.717) is 6.61 Å². The zero-order valence-corrected chi connectivity index (χ0v) is 11.2. The number of ether oxygens (including phenoxy) is 1. The number of rotatable bonds is 3. The van der Waals surface area contributed by atoms with Crippen LogP contribution in [0, 0.1) is 15.9 Å². The maximum absolute atomic E-state index is 13.5. The number of nitro groups is 1. The van der Waals surface area contributed by atoms with Crippen LogP contribution in [0.3, 0.4) is 0 Å². The molecule has 1 aliphatic rings. The molecule has 0 amide bonds. The van der Waals surface area contributed by atoms with E-state index in [1.807, 2.05) is 6.92 Å². The maximum atomic E-state index is 13.5. The second-order valence-corrected chi connectivity index (χ2v) is 5.01. The first kappa shape index (κ1) is 13.2. The second-order valence-electron chi connectivity index (χ2n) is 4.16. The number of nitrogens with one attached hydrogen (secondary N) is 1. The predicted octanol–water partition coefficient (Wildman–Crippen LogP) is 3.09. The van der Waals surface area contributed by atoms with Crippen molar-refractivity contribution < 1.29 is 14.1 Å². The lowest BCUT2D eigenvalue weighted by atomic mass is 10.1. The van der Waals surface area contributed by atoms with Gasteiger partial charge >= 0.3 is 0 Å². The molecule has 0 bridgehead atoms. The minimum atomic E-state index is -0.535. The highest BCUT2D eigenvalue weighted by Gasteiger charge is 2.27. The third-order valence-electron chi connectivity index (χ3n) is 2.95. The Hall–Kier alpha value is -1.21. The Balaban J connectivity index is 2.30. The van der Waals surface area contributed by atoms with Crippen molar-refractivity contribution in [1.29, 1.82) is 0 Å². The van der Waals surface area contributed by atoms with Crippen molar-refractivity contribution >= 4 is 27.3 Å². The van der Waals surface area contributed by atoms with Gasteiger partial charge in [0.15, 0.2) is 0 Å². The fourth-order valence-corrected chi connectivity index (χ4v) is 2.26. The molecule has 0 spiro atoms. The van der Waals surface area contributed by atoms with Crippen LogP contribution in [0.2, 0.25) is 0 Å². The van der Waals surface area contributed by atoms with Gasteiger partial charge in [-0.05, 0) is 29.3 Å². The molecule has 1 aromatic carbocycles. The molecule has 0 aromatic heterocycles. The standard InChI is InChI=1S/C11H12BrFN2O3/c1-6-9(2-3-18-6)14-10-5-8(13)7(12)4-11(10)15(16)17/h4-6,9,14H,2-3H2,1H3. The van der Waals surface area contributed by atoms with Crippen LogP contribution in [-0.2, 0) is 4.74 Å². The lowest BCUT2D eigenvalue weighted by molar-refractivity contribution is -0.384. The van der Waals surface area contributed by atoms with Gasteiger partial charge in [0, 0.05) is 18.7 Å². The van der Waals surface area contributed by atoms with Crippen molar-refractivity contribution in [2.24, 2.45) is 0 Å². The van der Waals surface area contributed by atoms with Crippen LogP contribution in [0.4, 0.5) is 15.8 Å². The van der Waals surface area contributed by atoms with Gasteiger partial charge in [0.05, 0.1) is 21.5 Å². The van der Waals surface area contributed by atoms with Crippen molar-refractivity contribution in [2.75, 3.05) is 11.9 Å². The smallest absolute Gasteiger partial charge is 0.293 e. The summed E-state index contributed by atoms with van der Waals surface area (Å²) in [5.41, 5.74) is 0.0328. The monoisotopic (exact) mass is 318 g/mol. The van der Waals surface area contributed by atoms with Crippen LogP contribution in [0.25, 0.3) is 0 Å². The number of nitro benzene ring substituents is 1. The number of hydrogen-bond acceptors (Lipinski definition) is 4. The Labute approximate surface area is 112 Å². The normalized spacial score (nSPS) is 23.1. The molecule has 1 saturated heterocycles. The Morgan fingerprint density at radius 1 is 1.61 bits per heavy atom. The van der Waals surface area contributed by atoms with Gasteiger partial charge in [-0.15, -0.1) is 0 Å². The Morgan fingerprint density at radius 3 is 2.89 bits per heavy atom. The first-order valence-corrected chi connectivity index (χ1v) is 6.30. The van der Waals surface area contributed by atoms with E-state index in [1.165, 1.54) is 0 Å². The van der Waals surface area contributed by atoms with E-state index in [0.717, 1.165) is 18.6 Å². The average molecular weight is 319 g/mol. The van der Waals surface area contributed by atoms with Gasteiger partial charge in [-0.25, -0.2) is 4.39 Å². The van der Waals surface area contributed by atoms with Gasteiger partial charge in [-0.2, -0.15) is 0 Å². The van der Waals surface area contributed by atoms with Crippen LogP contribution < -0.4 is 5.32 Å². The molecule has 2 unspecified atom stereocenters. The van der Waals surface area contributed by atoms with Crippen LogP contribution in [-0.4, -0.2) is 23.7 Å². The molecule has 2 rings (SSSR count). The zero-order chi connectivity index (χ0) is 13.3. The van der Waals surface area contributed by atoms with Gasteiger partial charge in [-0.3, -0.25) is 10.1 Å². The van der Waals surface area contributed by atoms with E-state index in [-0.39, 0.29) is 28.0 Å². The Bertz CT molecular complexity index is 484. The molecular weight excluding hydrogens is 307 g/mol. The van der Waals surface area contributed by atoms with E-state index in [4.69, 9.17) is 4.74 Å². The summed E-state index contributed by atoms with van der Waals surface area (Å²) in [7, 11) is 0. The summed E-state index contributed by atoms with van der Waals surface area (Å²) in [6, 6.07) is 2.26. The highest BCUT2D eigenvalue weighted by Crippen LogP contribution is 2.32. The van der Waals surface area contributed by atoms with Crippen molar-refractivity contribution in [3.8, 4) is 0 Å². The molecule has 0 saturated carbocycles. The van der Waals surface area contributed by atoms with Crippen LogP contribution >= 0.6 is 15.9 Å². The topological polar surface area (TPSA) is 64.4 Å². The molecular formula is C11H12BrFN2O3. The summed E-state index contributed by atoms with van der Waals surface area (Å²) in [4.78, 5) is 10.4. The molecule has 1 aliphatic heterocycles. The van der Waals surface area contributed by atoms with E-state index >= 15 is 0 Å². The van der Waals surface area contributed by atoms with E-state index in [1.54, 1.807) is 0 Å². The fourth-order valence-electron chi connectivity index (χ4n) is 1.92. The molecule has 5 nitrogen and oxygen atoms in total. The molecule has 1 fully saturated rings. The fraction of sp³-hybridized carbons (Fsp3) is 0.455. The van der Waals surface area contributed by atoms with Crippen LogP contribution in [0.15, 0.2) is 16.6 Å². The summed E-state index contributed by atoms with van der Waals surface area (Å²) in [5, 5.41) is 13.9. The molecule has 1 aromatic rings. The third kappa shape index (κ3) is 2.62.